The lowest BCUT2D eigenvalue weighted by Crippen LogP contribution is -2.24. The van der Waals surface area contributed by atoms with Crippen molar-refractivity contribution < 1.29 is 0 Å². The van der Waals surface area contributed by atoms with Crippen LogP contribution in [0.5, 0.6) is 0 Å². The fraction of sp³-hybridized carbons (Fsp3) is 0.143. The number of thiocarbonyl (C=S) groups is 1. The molecule has 2 N–H and O–H groups in total. The number of hydrazone groups is 1. The molecule has 0 fully saturated rings. The summed E-state index contributed by atoms with van der Waals surface area (Å²) in [6, 6.07) is 18.3. The van der Waals surface area contributed by atoms with Crippen LogP contribution in [-0.4, -0.2) is 15.9 Å². The van der Waals surface area contributed by atoms with E-state index in [1.165, 1.54) is 11.1 Å². The first-order chi connectivity index (χ1) is 13.0. The van der Waals surface area contributed by atoms with Gasteiger partial charge in [-0.15, -0.1) is 0 Å². The van der Waals surface area contributed by atoms with Gasteiger partial charge in [0.05, 0.1) is 22.6 Å². The highest BCUT2D eigenvalue weighted by Crippen LogP contribution is 2.22. The van der Waals surface area contributed by atoms with E-state index in [0.717, 1.165) is 23.5 Å². The van der Waals surface area contributed by atoms with E-state index in [1.54, 1.807) is 6.21 Å². The number of aryl methyl sites for hydroxylation is 2. The Morgan fingerprint density at radius 1 is 1.11 bits per heavy atom. The summed E-state index contributed by atoms with van der Waals surface area (Å²) in [6.07, 6.45) is 3.78. The number of nitrogens with one attached hydrogen (secondary N) is 2. The number of benzene rings is 2. The summed E-state index contributed by atoms with van der Waals surface area (Å²) in [4.78, 5) is 0. The predicted octanol–water partition coefficient (Wildman–Crippen LogP) is 5.13. The van der Waals surface area contributed by atoms with Gasteiger partial charge in [0.15, 0.2) is 5.11 Å². The highest BCUT2D eigenvalue weighted by molar-refractivity contribution is 7.80. The lowest BCUT2D eigenvalue weighted by atomic mass is 10.1. The van der Waals surface area contributed by atoms with Gasteiger partial charge in [0.2, 0.25) is 0 Å². The van der Waals surface area contributed by atoms with Crippen molar-refractivity contribution in [2.75, 3.05) is 5.32 Å². The number of hydrogen-bond donors (Lipinski definition) is 2. The molecule has 0 aliphatic carbocycles. The molecule has 1 aromatic heterocycles. The number of anilines is 1. The van der Waals surface area contributed by atoms with Crippen molar-refractivity contribution in [3.05, 3.63) is 88.2 Å². The zero-order valence-corrected chi connectivity index (χ0v) is 16.8. The molecule has 6 heteroatoms. The van der Waals surface area contributed by atoms with Gasteiger partial charge < -0.3 is 9.88 Å². The number of rotatable bonds is 5. The second-order valence-electron chi connectivity index (χ2n) is 6.35. The summed E-state index contributed by atoms with van der Waals surface area (Å²) < 4.78 is 2.13. The average Bonchev–Trinajstić information content (AvgIpc) is 3.06. The third kappa shape index (κ3) is 5.42. The second-order valence-corrected chi connectivity index (χ2v) is 7.17. The first-order valence-electron chi connectivity index (χ1n) is 8.58. The van der Waals surface area contributed by atoms with E-state index in [0.29, 0.717) is 10.1 Å². The molecule has 0 radical (unpaired) electrons. The van der Waals surface area contributed by atoms with Crippen LogP contribution in [0, 0.1) is 13.8 Å². The lowest BCUT2D eigenvalue weighted by Gasteiger charge is -2.10. The smallest absolute Gasteiger partial charge is 0.191 e. The first-order valence-corrected chi connectivity index (χ1v) is 9.37. The summed E-state index contributed by atoms with van der Waals surface area (Å²) in [5, 5.41) is 8.28. The van der Waals surface area contributed by atoms with Crippen LogP contribution in [0.25, 0.3) is 0 Å². The van der Waals surface area contributed by atoms with Gasteiger partial charge in [-0.05, 0) is 61.5 Å². The number of halogens is 1. The van der Waals surface area contributed by atoms with Gasteiger partial charge >= 0.3 is 0 Å². The van der Waals surface area contributed by atoms with E-state index in [1.807, 2.05) is 43.5 Å². The quantitative estimate of drug-likeness (QED) is 0.357. The molecular formula is C21H21ClN4S. The van der Waals surface area contributed by atoms with Gasteiger partial charge in [-0.3, -0.25) is 5.43 Å². The summed E-state index contributed by atoms with van der Waals surface area (Å²) in [6.45, 7) is 4.86. The largest absolute Gasteiger partial charge is 0.342 e. The van der Waals surface area contributed by atoms with Crippen LogP contribution >= 0.6 is 23.8 Å². The SMILES string of the molecule is Cc1ccc(Cn2cccc2/C=N\NC(=S)Nc2ccc(C)cc2Cl)cc1. The monoisotopic (exact) mass is 396 g/mol. The highest BCUT2D eigenvalue weighted by Gasteiger charge is 2.03. The van der Waals surface area contributed by atoms with Crippen molar-refractivity contribution in [1.82, 2.24) is 9.99 Å². The van der Waals surface area contributed by atoms with E-state index >= 15 is 0 Å². The van der Waals surface area contributed by atoms with E-state index in [4.69, 9.17) is 23.8 Å². The van der Waals surface area contributed by atoms with Crippen molar-refractivity contribution >= 4 is 40.8 Å². The van der Waals surface area contributed by atoms with Crippen LogP contribution in [0.4, 0.5) is 5.69 Å². The van der Waals surface area contributed by atoms with Crippen LogP contribution in [0.1, 0.15) is 22.4 Å². The van der Waals surface area contributed by atoms with Crippen molar-refractivity contribution in [2.24, 2.45) is 5.10 Å². The molecule has 0 amide bonds. The zero-order valence-electron chi connectivity index (χ0n) is 15.2. The maximum Gasteiger partial charge on any atom is 0.191 e. The number of aromatic nitrogens is 1. The van der Waals surface area contributed by atoms with Gasteiger partial charge in [-0.1, -0.05) is 47.5 Å². The molecule has 0 aliphatic heterocycles. The van der Waals surface area contributed by atoms with Crippen LogP contribution in [0.2, 0.25) is 5.02 Å². The van der Waals surface area contributed by atoms with E-state index in [9.17, 15) is 0 Å². The van der Waals surface area contributed by atoms with Crippen LogP contribution in [0.15, 0.2) is 65.9 Å². The molecular weight excluding hydrogens is 376 g/mol. The first kappa shape index (κ1) is 19.1. The molecule has 0 spiro atoms. The molecule has 0 atom stereocenters. The minimum Gasteiger partial charge on any atom is -0.342 e. The van der Waals surface area contributed by atoms with Gasteiger partial charge in [0.1, 0.15) is 0 Å². The maximum atomic E-state index is 6.20. The van der Waals surface area contributed by atoms with Crippen LogP contribution in [-0.2, 0) is 6.54 Å². The molecule has 3 aromatic rings. The Balaban J connectivity index is 1.59. The van der Waals surface area contributed by atoms with E-state index in [2.05, 4.69) is 51.6 Å². The molecule has 27 heavy (non-hydrogen) atoms. The van der Waals surface area contributed by atoms with Crippen molar-refractivity contribution in [1.29, 1.82) is 0 Å². The zero-order chi connectivity index (χ0) is 19.2. The van der Waals surface area contributed by atoms with Gasteiger partial charge in [0, 0.05) is 12.7 Å². The van der Waals surface area contributed by atoms with Gasteiger partial charge in [-0.2, -0.15) is 5.10 Å². The highest BCUT2D eigenvalue weighted by atomic mass is 35.5. The lowest BCUT2D eigenvalue weighted by molar-refractivity contribution is 0.798. The fourth-order valence-electron chi connectivity index (χ4n) is 2.61. The Bertz CT molecular complexity index is 961. The van der Waals surface area contributed by atoms with E-state index < -0.39 is 0 Å². The van der Waals surface area contributed by atoms with Crippen LogP contribution in [0.3, 0.4) is 0 Å². The third-order valence-corrected chi connectivity index (χ3v) is 4.58. The van der Waals surface area contributed by atoms with Crippen molar-refractivity contribution in [3.63, 3.8) is 0 Å². The molecule has 1 heterocycles. The standard InChI is InChI=1S/C21H21ClN4S/c1-15-5-8-17(9-6-15)14-26-11-3-4-18(26)13-23-25-21(27)24-20-10-7-16(2)12-19(20)22/h3-13H,14H2,1-2H3,(H2,24,25,27)/b23-13-. The van der Waals surface area contributed by atoms with Crippen molar-refractivity contribution in [3.8, 4) is 0 Å². The summed E-state index contributed by atoms with van der Waals surface area (Å²) in [5.74, 6) is 0. The molecule has 0 aliphatic rings. The minimum atomic E-state index is 0.383. The second kappa shape index (κ2) is 8.84. The van der Waals surface area contributed by atoms with Gasteiger partial charge in [0.25, 0.3) is 0 Å². The summed E-state index contributed by atoms with van der Waals surface area (Å²) >= 11 is 11.5. The van der Waals surface area contributed by atoms with Crippen molar-refractivity contribution in [2.45, 2.75) is 20.4 Å². The summed E-state index contributed by atoms with van der Waals surface area (Å²) in [7, 11) is 0. The molecule has 2 aromatic carbocycles. The van der Waals surface area contributed by atoms with Crippen LogP contribution < -0.4 is 10.7 Å². The molecule has 138 valence electrons. The number of hydrogen-bond acceptors (Lipinski definition) is 2. The average molecular weight is 397 g/mol. The predicted molar refractivity (Wildman–Crippen MR) is 118 cm³/mol. The Morgan fingerprint density at radius 3 is 2.59 bits per heavy atom. The molecule has 4 nitrogen and oxygen atoms in total. The molecule has 0 unspecified atom stereocenters. The molecule has 0 bridgehead atoms. The Kier molecular flexibility index (Phi) is 6.27. The minimum absolute atomic E-state index is 0.383. The van der Waals surface area contributed by atoms with E-state index in [-0.39, 0.29) is 0 Å². The molecule has 3 rings (SSSR count). The number of nitrogens with zero attached hydrogens (tertiary/aromatic N) is 2. The molecule has 0 saturated carbocycles. The third-order valence-electron chi connectivity index (χ3n) is 4.07. The summed E-state index contributed by atoms with van der Waals surface area (Å²) in [5.41, 5.74) is 8.15. The topological polar surface area (TPSA) is 41.4 Å². The molecule has 0 saturated heterocycles. The Hall–Kier alpha value is -2.63. The Morgan fingerprint density at radius 2 is 1.85 bits per heavy atom. The maximum absolute atomic E-state index is 6.20. The van der Waals surface area contributed by atoms with Gasteiger partial charge in [-0.25, -0.2) is 0 Å². The Labute approximate surface area is 169 Å². The fourth-order valence-corrected chi connectivity index (χ4v) is 3.05. The normalized spacial score (nSPS) is 10.9.